The van der Waals surface area contributed by atoms with Crippen LogP contribution in [0.2, 0.25) is 0 Å². The summed E-state index contributed by atoms with van der Waals surface area (Å²) in [5, 5.41) is 22.7. The Kier molecular flexibility index (Phi) is 5.95. The molecule has 0 radical (unpaired) electrons. The predicted molar refractivity (Wildman–Crippen MR) is 63.7 cm³/mol. The lowest BCUT2D eigenvalue weighted by atomic mass is 9.92. The van der Waals surface area contributed by atoms with E-state index < -0.39 is 24.1 Å². The van der Waals surface area contributed by atoms with Crippen molar-refractivity contribution >= 4 is 12.0 Å². The molecule has 17 heavy (non-hydrogen) atoms. The fourth-order valence-corrected chi connectivity index (χ4v) is 1.13. The number of aliphatic hydroxyl groups is 1. The van der Waals surface area contributed by atoms with Gasteiger partial charge in [0.2, 0.25) is 0 Å². The average molecular weight is 246 g/mol. The number of hydrogen-bond donors (Lipinski definition) is 4. The SMILES string of the molecule is C[C@@H](O)[C@H](NC(=O)NCCC(C)(C)C)C(=O)O. The lowest BCUT2D eigenvalue weighted by molar-refractivity contribution is -0.141. The Morgan fingerprint density at radius 1 is 1.29 bits per heavy atom. The number of carboxylic acids is 1. The Hall–Kier alpha value is -1.30. The molecule has 0 aliphatic heterocycles. The molecule has 0 aromatic rings. The van der Waals surface area contributed by atoms with Gasteiger partial charge in [0.05, 0.1) is 6.10 Å². The summed E-state index contributed by atoms with van der Waals surface area (Å²) in [6.45, 7) is 7.91. The fraction of sp³-hybridized carbons (Fsp3) is 0.818. The number of aliphatic carboxylic acids is 1. The van der Waals surface area contributed by atoms with Crippen molar-refractivity contribution < 1.29 is 19.8 Å². The highest BCUT2D eigenvalue weighted by atomic mass is 16.4. The monoisotopic (exact) mass is 246 g/mol. The normalized spacial score (nSPS) is 14.9. The second kappa shape index (κ2) is 6.44. The number of aliphatic hydroxyl groups excluding tert-OH is 1. The van der Waals surface area contributed by atoms with Crippen LogP contribution >= 0.6 is 0 Å². The van der Waals surface area contributed by atoms with Crippen LogP contribution in [0.1, 0.15) is 34.1 Å². The van der Waals surface area contributed by atoms with Gasteiger partial charge in [-0.15, -0.1) is 0 Å². The molecular formula is C11H22N2O4. The van der Waals surface area contributed by atoms with Crippen molar-refractivity contribution in [3.8, 4) is 0 Å². The summed E-state index contributed by atoms with van der Waals surface area (Å²) >= 11 is 0. The molecule has 0 rings (SSSR count). The van der Waals surface area contributed by atoms with E-state index in [-0.39, 0.29) is 5.41 Å². The van der Waals surface area contributed by atoms with Crippen LogP contribution in [0.25, 0.3) is 0 Å². The lowest BCUT2D eigenvalue weighted by Crippen LogP contribution is -2.51. The minimum atomic E-state index is -1.29. The molecule has 0 aliphatic rings. The number of carbonyl (C=O) groups is 2. The van der Waals surface area contributed by atoms with Crippen LogP contribution < -0.4 is 10.6 Å². The third-order valence-electron chi connectivity index (χ3n) is 2.20. The molecule has 0 aromatic heterocycles. The van der Waals surface area contributed by atoms with E-state index in [0.717, 1.165) is 6.42 Å². The largest absolute Gasteiger partial charge is 0.480 e. The maximum Gasteiger partial charge on any atom is 0.328 e. The van der Waals surface area contributed by atoms with E-state index in [1.54, 1.807) is 0 Å². The van der Waals surface area contributed by atoms with Crippen molar-refractivity contribution in [1.82, 2.24) is 10.6 Å². The number of urea groups is 1. The summed E-state index contributed by atoms with van der Waals surface area (Å²) in [5.41, 5.74) is 0.101. The van der Waals surface area contributed by atoms with Gasteiger partial charge in [-0.2, -0.15) is 0 Å². The van der Waals surface area contributed by atoms with E-state index in [1.807, 2.05) is 20.8 Å². The van der Waals surface area contributed by atoms with E-state index >= 15 is 0 Å². The van der Waals surface area contributed by atoms with Gasteiger partial charge in [-0.3, -0.25) is 0 Å². The zero-order chi connectivity index (χ0) is 13.6. The molecule has 0 spiro atoms. The zero-order valence-electron chi connectivity index (χ0n) is 10.8. The van der Waals surface area contributed by atoms with Gasteiger partial charge in [-0.05, 0) is 18.8 Å². The van der Waals surface area contributed by atoms with Gasteiger partial charge in [0.1, 0.15) is 0 Å². The molecule has 0 heterocycles. The second-order valence-electron chi connectivity index (χ2n) is 5.27. The van der Waals surface area contributed by atoms with Crippen LogP contribution in [0, 0.1) is 5.41 Å². The van der Waals surface area contributed by atoms with Crippen molar-refractivity contribution in [3.05, 3.63) is 0 Å². The van der Waals surface area contributed by atoms with Gasteiger partial charge in [-0.1, -0.05) is 20.8 Å². The first-order valence-electron chi connectivity index (χ1n) is 5.59. The molecule has 0 saturated carbocycles. The quantitative estimate of drug-likeness (QED) is 0.569. The summed E-state index contributed by atoms with van der Waals surface area (Å²) in [5.74, 6) is -1.26. The van der Waals surface area contributed by atoms with Crippen LogP contribution in [0.15, 0.2) is 0 Å². The second-order valence-corrected chi connectivity index (χ2v) is 5.27. The molecule has 2 amide bonds. The van der Waals surface area contributed by atoms with E-state index in [4.69, 9.17) is 10.2 Å². The van der Waals surface area contributed by atoms with Crippen molar-refractivity contribution in [1.29, 1.82) is 0 Å². The highest BCUT2D eigenvalue weighted by Crippen LogP contribution is 2.16. The summed E-state index contributed by atoms with van der Waals surface area (Å²) in [4.78, 5) is 22.1. The van der Waals surface area contributed by atoms with Crippen LogP contribution in [0.4, 0.5) is 4.79 Å². The summed E-state index contributed by atoms with van der Waals surface area (Å²) in [6.07, 6.45) is -0.354. The zero-order valence-corrected chi connectivity index (χ0v) is 10.8. The van der Waals surface area contributed by atoms with Crippen molar-refractivity contribution in [3.63, 3.8) is 0 Å². The molecule has 4 N–H and O–H groups in total. The summed E-state index contributed by atoms with van der Waals surface area (Å²) in [6, 6.07) is -1.87. The number of hydrogen-bond acceptors (Lipinski definition) is 3. The van der Waals surface area contributed by atoms with Gasteiger partial charge in [0.15, 0.2) is 6.04 Å². The fourth-order valence-electron chi connectivity index (χ4n) is 1.13. The van der Waals surface area contributed by atoms with Gasteiger partial charge in [-0.25, -0.2) is 9.59 Å². The van der Waals surface area contributed by atoms with Crippen LogP contribution in [0.5, 0.6) is 0 Å². The molecule has 0 saturated heterocycles. The van der Waals surface area contributed by atoms with Crippen LogP contribution in [0.3, 0.4) is 0 Å². The first kappa shape index (κ1) is 15.7. The number of carbonyl (C=O) groups excluding carboxylic acids is 1. The standard InChI is InChI=1S/C11H22N2O4/c1-7(14)8(9(15)16)13-10(17)12-6-5-11(2,3)4/h7-8,14H,5-6H2,1-4H3,(H,15,16)(H2,12,13,17)/t7-,8+/m1/s1. The van der Waals surface area contributed by atoms with Crippen molar-refractivity contribution in [2.24, 2.45) is 5.41 Å². The maximum atomic E-state index is 11.4. The highest BCUT2D eigenvalue weighted by Gasteiger charge is 2.24. The van der Waals surface area contributed by atoms with E-state index in [9.17, 15) is 9.59 Å². The Morgan fingerprint density at radius 3 is 2.18 bits per heavy atom. The Balaban J connectivity index is 4.04. The topological polar surface area (TPSA) is 98.7 Å². The third-order valence-corrected chi connectivity index (χ3v) is 2.20. The minimum Gasteiger partial charge on any atom is -0.480 e. The molecule has 6 nitrogen and oxygen atoms in total. The first-order valence-corrected chi connectivity index (χ1v) is 5.59. The minimum absolute atomic E-state index is 0.101. The molecule has 0 fully saturated rings. The van der Waals surface area contributed by atoms with E-state index in [0.29, 0.717) is 6.54 Å². The number of nitrogens with one attached hydrogen (secondary N) is 2. The molecule has 0 bridgehead atoms. The molecule has 100 valence electrons. The summed E-state index contributed by atoms with van der Waals surface area (Å²) in [7, 11) is 0. The smallest absolute Gasteiger partial charge is 0.328 e. The summed E-state index contributed by atoms with van der Waals surface area (Å²) < 4.78 is 0. The van der Waals surface area contributed by atoms with Crippen LogP contribution in [-0.2, 0) is 4.79 Å². The van der Waals surface area contributed by atoms with Gasteiger partial charge in [0.25, 0.3) is 0 Å². The number of rotatable bonds is 5. The molecule has 6 heteroatoms. The molecule has 0 aromatic carbocycles. The van der Waals surface area contributed by atoms with Gasteiger partial charge < -0.3 is 20.8 Å². The lowest BCUT2D eigenvalue weighted by Gasteiger charge is -2.20. The highest BCUT2D eigenvalue weighted by molar-refractivity contribution is 5.82. The van der Waals surface area contributed by atoms with Crippen molar-refractivity contribution in [2.75, 3.05) is 6.54 Å². The molecule has 0 unspecified atom stereocenters. The van der Waals surface area contributed by atoms with Crippen molar-refractivity contribution in [2.45, 2.75) is 46.3 Å². The number of carboxylic acid groups (broad SMARTS) is 1. The van der Waals surface area contributed by atoms with Crippen LogP contribution in [-0.4, -0.2) is 40.9 Å². The van der Waals surface area contributed by atoms with Gasteiger partial charge >= 0.3 is 12.0 Å². The molecular weight excluding hydrogens is 224 g/mol. The first-order chi connectivity index (χ1) is 7.63. The number of amides is 2. The molecule has 0 aliphatic carbocycles. The average Bonchev–Trinajstić information content (AvgIpc) is 2.10. The van der Waals surface area contributed by atoms with E-state index in [2.05, 4.69) is 10.6 Å². The van der Waals surface area contributed by atoms with E-state index in [1.165, 1.54) is 6.92 Å². The Labute approximate surface area is 101 Å². The van der Waals surface area contributed by atoms with Gasteiger partial charge in [0, 0.05) is 6.54 Å². The molecule has 2 atom stereocenters. The maximum absolute atomic E-state index is 11.4. The Morgan fingerprint density at radius 2 is 1.82 bits per heavy atom. The third kappa shape index (κ3) is 7.57. The Bertz CT molecular complexity index is 271. The predicted octanol–water partition coefficient (Wildman–Crippen LogP) is 0.556.